The van der Waals surface area contributed by atoms with Gasteiger partial charge in [-0.05, 0) is 12.1 Å². The van der Waals surface area contributed by atoms with E-state index in [0.717, 1.165) is 12.1 Å². The van der Waals surface area contributed by atoms with E-state index < -0.39 is 12.1 Å². The number of benzene rings is 1. The Bertz CT molecular complexity index is 344. The molecule has 0 aliphatic carbocycles. The van der Waals surface area contributed by atoms with Crippen LogP contribution in [0.25, 0.3) is 6.08 Å². The fourth-order valence-corrected chi connectivity index (χ4v) is 0.893. The lowest BCUT2D eigenvalue weighted by molar-refractivity contribution is -0.274. The maximum absolute atomic E-state index is 11.7. The largest absolute Gasteiger partial charge is 0.573 e. The van der Waals surface area contributed by atoms with Gasteiger partial charge in [-0.1, -0.05) is 12.7 Å². The molecule has 0 aliphatic heterocycles. The van der Waals surface area contributed by atoms with E-state index in [-0.39, 0.29) is 5.75 Å². The molecule has 0 saturated heterocycles. The molecule has 0 unspecified atom stereocenters. The average molecular weight is 204 g/mol. The van der Waals surface area contributed by atoms with Crippen LogP contribution in [0, 0.1) is 0 Å². The molecule has 0 bridgehead atoms. The fraction of sp³-hybridized carbons (Fsp3) is 0.111. The van der Waals surface area contributed by atoms with Crippen molar-refractivity contribution in [2.24, 2.45) is 0 Å². The molecule has 1 aromatic rings. The van der Waals surface area contributed by atoms with Gasteiger partial charge in [0.05, 0.1) is 0 Å². The van der Waals surface area contributed by atoms with Crippen LogP contribution in [0.15, 0.2) is 24.8 Å². The molecule has 0 fully saturated rings. The van der Waals surface area contributed by atoms with Crippen LogP contribution in [0.2, 0.25) is 0 Å². The van der Waals surface area contributed by atoms with Crippen molar-refractivity contribution in [1.82, 2.24) is 0 Å². The molecule has 0 heterocycles. The van der Waals surface area contributed by atoms with Gasteiger partial charge in [0, 0.05) is 11.6 Å². The van der Waals surface area contributed by atoms with Crippen molar-refractivity contribution in [2.45, 2.75) is 6.36 Å². The first-order valence-electron chi connectivity index (χ1n) is 3.63. The molecule has 1 aromatic carbocycles. The molecule has 0 atom stereocenters. The standard InChI is InChI=1S/C9H7F3O2/c1-2-6-3-4-7(5-8(6)13)14-9(10,11)12/h2-5,13H,1H2. The number of rotatable bonds is 2. The van der Waals surface area contributed by atoms with Gasteiger partial charge in [0.1, 0.15) is 11.5 Å². The van der Waals surface area contributed by atoms with E-state index >= 15 is 0 Å². The molecular formula is C9H7F3O2. The summed E-state index contributed by atoms with van der Waals surface area (Å²) in [7, 11) is 0. The van der Waals surface area contributed by atoms with Crippen LogP contribution < -0.4 is 4.74 Å². The van der Waals surface area contributed by atoms with Crippen LogP contribution in [0.5, 0.6) is 11.5 Å². The minimum atomic E-state index is -4.75. The maximum Gasteiger partial charge on any atom is 0.573 e. The van der Waals surface area contributed by atoms with Crippen LogP contribution in [0.3, 0.4) is 0 Å². The highest BCUT2D eigenvalue weighted by molar-refractivity contribution is 5.57. The van der Waals surface area contributed by atoms with Gasteiger partial charge < -0.3 is 9.84 Å². The molecule has 0 aliphatic rings. The number of phenols is 1. The van der Waals surface area contributed by atoms with Gasteiger partial charge >= 0.3 is 6.36 Å². The minimum Gasteiger partial charge on any atom is -0.507 e. The Balaban J connectivity index is 2.92. The Morgan fingerprint density at radius 3 is 2.43 bits per heavy atom. The molecular weight excluding hydrogens is 197 g/mol. The number of aromatic hydroxyl groups is 1. The summed E-state index contributed by atoms with van der Waals surface area (Å²) in [5, 5.41) is 9.17. The molecule has 0 radical (unpaired) electrons. The average Bonchev–Trinajstić information content (AvgIpc) is 2.01. The topological polar surface area (TPSA) is 29.5 Å². The molecule has 14 heavy (non-hydrogen) atoms. The van der Waals surface area contributed by atoms with Crippen molar-refractivity contribution in [3.63, 3.8) is 0 Å². The Morgan fingerprint density at radius 1 is 1.36 bits per heavy atom. The van der Waals surface area contributed by atoms with Crippen molar-refractivity contribution < 1.29 is 23.0 Å². The van der Waals surface area contributed by atoms with Crippen molar-refractivity contribution in [3.8, 4) is 11.5 Å². The van der Waals surface area contributed by atoms with E-state index in [2.05, 4.69) is 11.3 Å². The summed E-state index contributed by atoms with van der Waals surface area (Å²) in [6.45, 7) is 3.37. The third-order valence-electron chi connectivity index (χ3n) is 1.46. The molecule has 0 aromatic heterocycles. The summed E-state index contributed by atoms with van der Waals surface area (Å²) in [6.07, 6.45) is -3.42. The van der Waals surface area contributed by atoms with Crippen molar-refractivity contribution in [3.05, 3.63) is 30.3 Å². The summed E-state index contributed by atoms with van der Waals surface area (Å²) >= 11 is 0. The summed E-state index contributed by atoms with van der Waals surface area (Å²) in [5.41, 5.74) is 0.347. The van der Waals surface area contributed by atoms with E-state index in [1.807, 2.05) is 0 Å². The first-order chi connectivity index (χ1) is 6.42. The van der Waals surface area contributed by atoms with E-state index in [0.29, 0.717) is 5.56 Å². The minimum absolute atomic E-state index is 0.304. The second-order valence-corrected chi connectivity index (χ2v) is 2.47. The highest BCUT2D eigenvalue weighted by Crippen LogP contribution is 2.28. The fourth-order valence-electron chi connectivity index (χ4n) is 0.893. The predicted molar refractivity (Wildman–Crippen MR) is 44.9 cm³/mol. The SMILES string of the molecule is C=Cc1ccc(OC(F)(F)F)cc1O. The summed E-state index contributed by atoms with van der Waals surface area (Å²) < 4.78 is 38.8. The predicted octanol–water partition coefficient (Wildman–Crippen LogP) is 2.93. The van der Waals surface area contributed by atoms with Crippen LogP contribution in [0.4, 0.5) is 13.2 Å². The number of halogens is 3. The summed E-state index contributed by atoms with van der Waals surface area (Å²) in [6, 6.07) is 3.26. The van der Waals surface area contributed by atoms with Gasteiger partial charge in [-0.2, -0.15) is 0 Å². The summed E-state index contributed by atoms with van der Waals surface area (Å²) in [5.74, 6) is -0.762. The molecule has 76 valence electrons. The van der Waals surface area contributed by atoms with Gasteiger partial charge in [-0.25, -0.2) is 0 Å². The van der Waals surface area contributed by atoms with Gasteiger partial charge in [0.15, 0.2) is 0 Å². The third-order valence-corrected chi connectivity index (χ3v) is 1.46. The lowest BCUT2D eigenvalue weighted by atomic mass is 10.2. The Morgan fingerprint density at radius 2 is 2.00 bits per heavy atom. The number of phenolic OH excluding ortho intramolecular Hbond substituents is 1. The van der Waals surface area contributed by atoms with Crippen LogP contribution in [-0.2, 0) is 0 Å². The van der Waals surface area contributed by atoms with Crippen molar-refractivity contribution in [1.29, 1.82) is 0 Å². The van der Waals surface area contributed by atoms with Gasteiger partial charge in [0.25, 0.3) is 0 Å². The zero-order valence-corrected chi connectivity index (χ0v) is 7.01. The monoisotopic (exact) mass is 204 g/mol. The quantitative estimate of drug-likeness (QED) is 0.802. The molecule has 1 N–H and O–H groups in total. The number of hydrogen-bond acceptors (Lipinski definition) is 2. The first-order valence-corrected chi connectivity index (χ1v) is 3.63. The number of ether oxygens (including phenoxy) is 1. The Kier molecular flexibility index (Phi) is 2.69. The normalized spacial score (nSPS) is 11.1. The lowest BCUT2D eigenvalue weighted by Gasteiger charge is -2.09. The molecule has 5 heteroatoms. The first kappa shape index (κ1) is 10.4. The zero-order chi connectivity index (χ0) is 10.8. The van der Waals surface area contributed by atoms with E-state index in [1.165, 1.54) is 12.1 Å². The van der Waals surface area contributed by atoms with Gasteiger partial charge in [-0.15, -0.1) is 13.2 Å². The van der Waals surface area contributed by atoms with Gasteiger partial charge in [0.2, 0.25) is 0 Å². The van der Waals surface area contributed by atoms with Crippen LogP contribution >= 0.6 is 0 Å². The Labute approximate surface area is 78.2 Å². The van der Waals surface area contributed by atoms with E-state index in [1.54, 1.807) is 0 Å². The Hall–Kier alpha value is -1.65. The number of hydrogen-bond donors (Lipinski definition) is 1. The highest BCUT2D eigenvalue weighted by Gasteiger charge is 2.31. The molecule has 0 spiro atoms. The molecule has 0 amide bonds. The second kappa shape index (κ2) is 3.61. The molecule has 2 nitrogen and oxygen atoms in total. The van der Waals surface area contributed by atoms with E-state index in [4.69, 9.17) is 5.11 Å². The summed E-state index contributed by atoms with van der Waals surface area (Å²) in [4.78, 5) is 0. The van der Waals surface area contributed by atoms with Crippen molar-refractivity contribution >= 4 is 6.08 Å². The zero-order valence-electron chi connectivity index (χ0n) is 7.01. The van der Waals surface area contributed by atoms with Crippen molar-refractivity contribution in [2.75, 3.05) is 0 Å². The van der Waals surface area contributed by atoms with E-state index in [9.17, 15) is 13.2 Å². The third kappa shape index (κ3) is 2.69. The smallest absolute Gasteiger partial charge is 0.507 e. The second-order valence-electron chi connectivity index (χ2n) is 2.47. The molecule has 0 saturated carbocycles. The number of alkyl halides is 3. The highest BCUT2D eigenvalue weighted by atomic mass is 19.4. The van der Waals surface area contributed by atoms with Crippen LogP contribution in [0.1, 0.15) is 5.56 Å². The van der Waals surface area contributed by atoms with Crippen LogP contribution in [-0.4, -0.2) is 11.5 Å². The maximum atomic E-state index is 11.7. The van der Waals surface area contributed by atoms with Gasteiger partial charge in [-0.3, -0.25) is 0 Å². The molecule has 1 rings (SSSR count). The lowest BCUT2D eigenvalue weighted by Crippen LogP contribution is -2.16.